The third-order valence-corrected chi connectivity index (χ3v) is 2.86. The van der Waals surface area contributed by atoms with Crippen molar-refractivity contribution in [3.63, 3.8) is 0 Å². The summed E-state index contributed by atoms with van der Waals surface area (Å²) in [5, 5.41) is 2.45. The van der Waals surface area contributed by atoms with Crippen LogP contribution < -0.4 is 5.32 Å². The molecule has 1 rings (SSSR count). The fraction of sp³-hybridized carbons (Fsp3) is 0.615. The minimum Gasteiger partial charge on any atom is -0.469 e. The third-order valence-electron chi connectivity index (χ3n) is 2.71. The van der Waals surface area contributed by atoms with E-state index in [1.807, 2.05) is 12.1 Å². The third kappa shape index (κ3) is 7.91. The SMILES string of the molecule is O=C(S)NCCCCCCCCc1ccco1. The average Bonchev–Trinajstić information content (AvgIpc) is 2.79. The van der Waals surface area contributed by atoms with Crippen molar-refractivity contribution in [3.8, 4) is 0 Å². The Morgan fingerprint density at radius 2 is 1.88 bits per heavy atom. The van der Waals surface area contributed by atoms with Crippen LogP contribution in [0.5, 0.6) is 0 Å². The number of aryl methyl sites for hydroxylation is 1. The molecule has 1 heterocycles. The molecule has 0 radical (unpaired) electrons. The zero-order valence-corrected chi connectivity index (χ0v) is 11.0. The van der Waals surface area contributed by atoms with Crippen molar-refractivity contribution in [1.82, 2.24) is 5.32 Å². The van der Waals surface area contributed by atoms with Crippen molar-refractivity contribution in [3.05, 3.63) is 24.2 Å². The lowest BCUT2D eigenvalue weighted by atomic mass is 10.1. The van der Waals surface area contributed by atoms with Crippen LogP contribution in [0.3, 0.4) is 0 Å². The Morgan fingerprint density at radius 1 is 1.18 bits per heavy atom. The molecule has 0 unspecified atom stereocenters. The lowest BCUT2D eigenvalue weighted by Gasteiger charge is -2.02. The first-order chi connectivity index (χ1) is 8.29. The molecule has 0 aliphatic carbocycles. The highest BCUT2D eigenvalue weighted by molar-refractivity contribution is 7.96. The summed E-state index contributed by atoms with van der Waals surface area (Å²) >= 11 is 3.64. The van der Waals surface area contributed by atoms with E-state index in [4.69, 9.17) is 4.42 Å². The minimum absolute atomic E-state index is 0.233. The molecule has 0 fully saturated rings. The number of thiol groups is 1. The molecule has 4 heteroatoms. The summed E-state index contributed by atoms with van der Waals surface area (Å²) in [5.41, 5.74) is 0. The topological polar surface area (TPSA) is 42.2 Å². The van der Waals surface area contributed by atoms with Gasteiger partial charge in [-0.15, -0.1) is 0 Å². The van der Waals surface area contributed by atoms with E-state index < -0.39 is 0 Å². The largest absolute Gasteiger partial charge is 0.469 e. The molecule has 1 aromatic rings. The van der Waals surface area contributed by atoms with Crippen molar-refractivity contribution in [2.75, 3.05) is 6.54 Å². The van der Waals surface area contributed by atoms with E-state index in [1.54, 1.807) is 6.26 Å². The van der Waals surface area contributed by atoms with Crippen LogP contribution in [0, 0.1) is 0 Å². The smallest absolute Gasteiger partial charge is 0.275 e. The van der Waals surface area contributed by atoms with Gasteiger partial charge in [-0.3, -0.25) is 4.79 Å². The lowest BCUT2D eigenvalue weighted by molar-refractivity contribution is 0.261. The quantitative estimate of drug-likeness (QED) is 0.520. The van der Waals surface area contributed by atoms with Gasteiger partial charge in [0.2, 0.25) is 0 Å². The summed E-state index contributed by atoms with van der Waals surface area (Å²) in [5.74, 6) is 1.08. The van der Waals surface area contributed by atoms with E-state index in [1.165, 1.54) is 32.1 Å². The van der Waals surface area contributed by atoms with Crippen molar-refractivity contribution in [1.29, 1.82) is 0 Å². The number of nitrogens with one attached hydrogen (secondary N) is 1. The first kappa shape index (κ1) is 14.2. The number of unbranched alkanes of at least 4 members (excludes halogenated alkanes) is 5. The van der Waals surface area contributed by atoms with Crippen molar-refractivity contribution in [2.24, 2.45) is 0 Å². The van der Waals surface area contributed by atoms with Gasteiger partial charge in [-0.25, -0.2) is 0 Å². The normalized spacial score (nSPS) is 10.4. The van der Waals surface area contributed by atoms with Gasteiger partial charge in [0.05, 0.1) is 6.26 Å². The maximum atomic E-state index is 10.5. The standard InChI is InChI=1S/C13H21NO2S/c15-13(17)14-10-6-4-2-1-3-5-8-12-9-7-11-16-12/h7,9,11H,1-6,8,10H2,(H2,14,15,17). The molecule has 0 bridgehead atoms. The number of hydrogen-bond donors (Lipinski definition) is 2. The van der Waals surface area contributed by atoms with Gasteiger partial charge in [0.15, 0.2) is 0 Å². The highest BCUT2D eigenvalue weighted by Crippen LogP contribution is 2.09. The number of hydrogen-bond acceptors (Lipinski definition) is 2. The molecule has 0 aliphatic heterocycles. The zero-order valence-electron chi connectivity index (χ0n) is 10.2. The van der Waals surface area contributed by atoms with Crippen LogP contribution in [0.1, 0.15) is 44.3 Å². The highest BCUT2D eigenvalue weighted by Gasteiger charge is 1.96. The van der Waals surface area contributed by atoms with Gasteiger partial charge in [0, 0.05) is 13.0 Å². The molecule has 1 amide bonds. The van der Waals surface area contributed by atoms with Crippen molar-refractivity contribution >= 4 is 17.9 Å². The van der Waals surface area contributed by atoms with Crippen LogP contribution in [-0.4, -0.2) is 11.8 Å². The van der Waals surface area contributed by atoms with E-state index in [0.717, 1.165) is 25.1 Å². The van der Waals surface area contributed by atoms with Crippen LogP contribution in [0.15, 0.2) is 22.8 Å². The number of furan rings is 1. The summed E-state index contributed by atoms with van der Waals surface area (Å²) in [4.78, 5) is 10.5. The van der Waals surface area contributed by atoms with E-state index in [0.29, 0.717) is 0 Å². The lowest BCUT2D eigenvalue weighted by Crippen LogP contribution is -2.17. The van der Waals surface area contributed by atoms with E-state index in [-0.39, 0.29) is 5.24 Å². The summed E-state index contributed by atoms with van der Waals surface area (Å²) in [6.45, 7) is 0.745. The van der Waals surface area contributed by atoms with Crippen LogP contribution in [0.25, 0.3) is 0 Å². The summed E-state index contributed by atoms with van der Waals surface area (Å²) in [6.07, 6.45) is 9.93. The number of amides is 1. The zero-order chi connectivity index (χ0) is 12.3. The minimum atomic E-state index is -0.233. The van der Waals surface area contributed by atoms with Gasteiger partial charge >= 0.3 is 0 Å². The van der Waals surface area contributed by atoms with E-state index >= 15 is 0 Å². The molecule has 0 aromatic carbocycles. The Kier molecular flexibility index (Phi) is 7.63. The highest BCUT2D eigenvalue weighted by atomic mass is 32.1. The summed E-state index contributed by atoms with van der Waals surface area (Å²) in [7, 11) is 0. The van der Waals surface area contributed by atoms with Gasteiger partial charge < -0.3 is 9.73 Å². The van der Waals surface area contributed by atoms with E-state index in [9.17, 15) is 4.79 Å². The molecule has 1 aromatic heterocycles. The second-order valence-electron chi connectivity index (χ2n) is 4.18. The van der Waals surface area contributed by atoms with Crippen molar-refractivity contribution in [2.45, 2.75) is 44.9 Å². The van der Waals surface area contributed by atoms with Crippen LogP contribution in [0.2, 0.25) is 0 Å². The second kappa shape index (κ2) is 9.16. The molecule has 0 aliphatic rings. The molecule has 0 spiro atoms. The Bertz CT molecular complexity index is 298. The number of carbonyl (C=O) groups is 1. The predicted octanol–water partition coefficient (Wildman–Crippen LogP) is 3.80. The Hall–Kier alpha value is -0.900. The molecule has 0 atom stereocenters. The maximum absolute atomic E-state index is 10.5. The fourth-order valence-electron chi connectivity index (χ4n) is 1.78. The average molecular weight is 255 g/mol. The molecule has 3 nitrogen and oxygen atoms in total. The van der Waals surface area contributed by atoms with Crippen LogP contribution >= 0.6 is 12.6 Å². The van der Waals surface area contributed by atoms with Gasteiger partial charge in [0.25, 0.3) is 5.24 Å². The summed E-state index contributed by atoms with van der Waals surface area (Å²) in [6, 6.07) is 3.96. The summed E-state index contributed by atoms with van der Waals surface area (Å²) < 4.78 is 5.27. The monoisotopic (exact) mass is 255 g/mol. The van der Waals surface area contributed by atoms with Crippen LogP contribution in [0.4, 0.5) is 4.79 Å². The first-order valence-electron chi connectivity index (χ1n) is 6.28. The first-order valence-corrected chi connectivity index (χ1v) is 6.73. The molecular weight excluding hydrogens is 234 g/mol. The Balaban J connectivity index is 1.80. The molecule has 0 saturated heterocycles. The molecule has 0 saturated carbocycles. The molecule has 1 N–H and O–H groups in total. The molecule has 96 valence electrons. The van der Waals surface area contributed by atoms with Crippen LogP contribution in [-0.2, 0) is 6.42 Å². The van der Waals surface area contributed by atoms with Gasteiger partial charge in [-0.05, 0) is 25.0 Å². The molecular formula is C13H21NO2S. The van der Waals surface area contributed by atoms with Crippen molar-refractivity contribution < 1.29 is 9.21 Å². The fourth-order valence-corrected chi connectivity index (χ4v) is 1.89. The number of rotatable bonds is 9. The van der Waals surface area contributed by atoms with Gasteiger partial charge in [0.1, 0.15) is 5.76 Å². The van der Waals surface area contributed by atoms with Gasteiger partial charge in [-0.1, -0.05) is 38.3 Å². The predicted molar refractivity (Wildman–Crippen MR) is 72.5 cm³/mol. The number of carbonyl (C=O) groups excluding carboxylic acids is 1. The van der Waals surface area contributed by atoms with Gasteiger partial charge in [-0.2, -0.15) is 0 Å². The second-order valence-corrected chi connectivity index (χ2v) is 4.59. The maximum Gasteiger partial charge on any atom is 0.275 e. The Morgan fingerprint density at radius 3 is 2.53 bits per heavy atom. The van der Waals surface area contributed by atoms with E-state index in [2.05, 4.69) is 17.9 Å². The molecule has 17 heavy (non-hydrogen) atoms. The Labute approximate surface area is 108 Å².